The summed E-state index contributed by atoms with van der Waals surface area (Å²) in [7, 11) is 0. The fraction of sp³-hybridized carbons (Fsp3) is 0.364. The first-order valence-corrected chi connectivity index (χ1v) is 5.17. The van der Waals surface area contributed by atoms with E-state index in [0.29, 0.717) is 0 Å². The van der Waals surface area contributed by atoms with Crippen LogP contribution in [0.4, 0.5) is 0 Å². The van der Waals surface area contributed by atoms with Crippen molar-refractivity contribution in [2.45, 2.75) is 13.3 Å². The lowest BCUT2D eigenvalue weighted by molar-refractivity contribution is -0.137. The largest absolute Gasteiger partial charge is 0.481 e. The van der Waals surface area contributed by atoms with Gasteiger partial charge in [-0.2, -0.15) is 0 Å². The Morgan fingerprint density at radius 1 is 1.53 bits per heavy atom. The molecule has 1 aromatic rings. The molecule has 0 aromatic carbocycles. The van der Waals surface area contributed by atoms with Gasteiger partial charge in [0.2, 0.25) is 0 Å². The molecule has 6 heteroatoms. The number of aromatic nitrogens is 1. The highest BCUT2D eigenvalue weighted by molar-refractivity contribution is 5.93. The average molecular weight is 238 g/mol. The number of carbonyl (C=O) groups is 2. The van der Waals surface area contributed by atoms with E-state index in [1.807, 2.05) is 0 Å². The molecule has 0 saturated carbocycles. The summed E-state index contributed by atoms with van der Waals surface area (Å²) in [6, 6.07) is 1.26. The van der Waals surface area contributed by atoms with Crippen molar-refractivity contribution in [3.05, 3.63) is 34.2 Å². The number of carboxylic acid groups (broad SMARTS) is 1. The molecule has 17 heavy (non-hydrogen) atoms. The van der Waals surface area contributed by atoms with Crippen molar-refractivity contribution in [1.82, 2.24) is 10.3 Å². The Morgan fingerprint density at radius 3 is 2.82 bits per heavy atom. The number of amides is 1. The molecule has 3 N–H and O–H groups in total. The SMILES string of the molecule is CC(CNC(=O)c1c[nH]ccc1=O)CC(=O)O. The normalized spacial score (nSPS) is 11.8. The monoisotopic (exact) mass is 238 g/mol. The van der Waals surface area contributed by atoms with Crippen LogP contribution in [0.15, 0.2) is 23.3 Å². The molecule has 0 spiro atoms. The van der Waals surface area contributed by atoms with E-state index in [-0.39, 0.29) is 29.9 Å². The molecule has 0 aliphatic rings. The Bertz CT molecular complexity index is 467. The minimum atomic E-state index is -0.913. The molecule has 6 nitrogen and oxygen atoms in total. The number of carbonyl (C=O) groups excluding carboxylic acids is 1. The van der Waals surface area contributed by atoms with Gasteiger partial charge in [0, 0.05) is 31.4 Å². The van der Waals surface area contributed by atoms with E-state index in [1.54, 1.807) is 6.92 Å². The zero-order chi connectivity index (χ0) is 12.8. The predicted octanol–water partition coefficient (Wildman–Crippen LogP) is 0.215. The molecule has 1 unspecified atom stereocenters. The van der Waals surface area contributed by atoms with Gasteiger partial charge in [0.15, 0.2) is 5.43 Å². The highest BCUT2D eigenvalue weighted by Gasteiger charge is 2.12. The molecule has 92 valence electrons. The maximum absolute atomic E-state index is 11.6. The van der Waals surface area contributed by atoms with Crippen LogP contribution < -0.4 is 10.7 Å². The number of pyridine rings is 1. The number of H-pyrrole nitrogens is 1. The molecule has 0 radical (unpaired) electrons. The summed E-state index contributed by atoms with van der Waals surface area (Å²) in [5.74, 6) is -1.59. The second-order valence-corrected chi connectivity index (χ2v) is 3.84. The van der Waals surface area contributed by atoms with Crippen LogP contribution in [0.2, 0.25) is 0 Å². The fourth-order valence-corrected chi connectivity index (χ4v) is 1.33. The minimum absolute atomic E-state index is 0.0224. The van der Waals surface area contributed by atoms with Gasteiger partial charge in [0.1, 0.15) is 5.56 Å². The Morgan fingerprint density at radius 2 is 2.24 bits per heavy atom. The van der Waals surface area contributed by atoms with Gasteiger partial charge >= 0.3 is 5.97 Å². The van der Waals surface area contributed by atoms with Crippen LogP contribution in [0, 0.1) is 5.92 Å². The highest BCUT2D eigenvalue weighted by atomic mass is 16.4. The van der Waals surface area contributed by atoms with Crippen LogP contribution >= 0.6 is 0 Å². The van der Waals surface area contributed by atoms with Gasteiger partial charge in [-0.3, -0.25) is 14.4 Å². The van der Waals surface area contributed by atoms with Gasteiger partial charge in [-0.1, -0.05) is 6.92 Å². The van der Waals surface area contributed by atoms with E-state index in [1.165, 1.54) is 18.5 Å². The highest BCUT2D eigenvalue weighted by Crippen LogP contribution is 1.99. The second kappa shape index (κ2) is 5.83. The van der Waals surface area contributed by atoms with Crippen LogP contribution in [0.25, 0.3) is 0 Å². The van der Waals surface area contributed by atoms with Crippen molar-refractivity contribution in [3.63, 3.8) is 0 Å². The van der Waals surface area contributed by atoms with Crippen molar-refractivity contribution in [3.8, 4) is 0 Å². The average Bonchev–Trinajstić information content (AvgIpc) is 2.25. The van der Waals surface area contributed by atoms with E-state index in [2.05, 4.69) is 10.3 Å². The molecule has 0 aliphatic carbocycles. The third-order valence-corrected chi connectivity index (χ3v) is 2.20. The molecular formula is C11H14N2O4. The Hall–Kier alpha value is -2.11. The zero-order valence-electron chi connectivity index (χ0n) is 9.40. The first-order valence-electron chi connectivity index (χ1n) is 5.17. The van der Waals surface area contributed by atoms with Gasteiger partial charge in [0.25, 0.3) is 5.91 Å². The van der Waals surface area contributed by atoms with E-state index in [4.69, 9.17) is 5.11 Å². The van der Waals surface area contributed by atoms with Crippen molar-refractivity contribution < 1.29 is 14.7 Å². The summed E-state index contributed by atoms with van der Waals surface area (Å²) >= 11 is 0. The fourth-order valence-electron chi connectivity index (χ4n) is 1.33. The van der Waals surface area contributed by atoms with E-state index < -0.39 is 11.9 Å². The Labute approximate surface area is 97.7 Å². The number of nitrogens with one attached hydrogen (secondary N) is 2. The van der Waals surface area contributed by atoms with Gasteiger partial charge in [0.05, 0.1) is 0 Å². The molecule has 1 aromatic heterocycles. The lowest BCUT2D eigenvalue weighted by Gasteiger charge is -2.09. The first kappa shape index (κ1) is 13.0. The lowest BCUT2D eigenvalue weighted by Crippen LogP contribution is -2.32. The third kappa shape index (κ3) is 4.10. The zero-order valence-corrected chi connectivity index (χ0v) is 9.40. The van der Waals surface area contributed by atoms with Crippen LogP contribution in [-0.2, 0) is 4.79 Å². The Balaban J connectivity index is 2.54. The van der Waals surface area contributed by atoms with Crippen molar-refractivity contribution in [2.24, 2.45) is 5.92 Å². The lowest BCUT2D eigenvalue weighted by atomic mass is 10.1. The molecule has 1 atom stereocenters. The maximum Gasteiger partial charge on any atom is 0.303 e. The van der Waals surface area contributed by atoms with Gasteiger partial charge < -0.3 is 15.4 Å². The smallest absolute Gasteiger partial charge is 0.303 e. The summed E-state index contributed by atoms with van der Waals surface area (Å²) in [4.78, 5) is 35.9. The third-order valence-electron chi connectivity index (χ3n) is 2.20. The molecule has 0 fully saturated rings. The number of aromatic amines is 1. The van der Waals surface area contributed by atoms with Crippen molar-refractivity contribution in [1.29, 1.82) is 0 Å². The minimum Gasteiger partial charge on any atom is -0.481 e. The molecule has 1 amide bonds. The number of aliphatic carboxylic acids is 1. The first-order chi connectivity index (χ1) is 8.00. The summed E-state index contributed by atoms with van der Waals surface area (Å²) in [6.45, 7) is 1.93. The van der Waals surface area contributed by atoms with E-state index in [0.717, 1.165) is 0 Å². The van der Waals surface area contributed by atoms with Crippen LogP contribution in [0.1, 0.15) is 23.7 Å². The van der Waals surface area contributed by atoms with Crippen LogP contribution in [-0.4, -0.2) is 28.5 Å². The second-order valence-electron chi connectivity index (χ2n) is 3.84. The molecule has 0 bridgehead atoms. The molecule has 0 aliphatic heterocycles. The van der Waals surface area contributed by atoms with Gasteiger partial charge in [-0.05, 0) is 5.92 Å². The van der Waals surface area contributed by atoms with Crippen LogP contribution in [0.5, 0.6) is 0 Å². The van der Waals surface area contributed by atoms with Gasteiger partial charge in [-0.15, -0.1) is 0 Å². The van der Waals surface area contributed by atoms with Crippen molar-refractivity contribution in [2.75, 3.05) is 6.54 Å². The predicted molar refractivity (Wildman–Crippen MR) is 60.8 cm³/mol. The summed E-state index contributed by atoms with van der Waals surface area (Å²) in [6.07, 6.45) is 2.73. The summed E-state index contributed by atoms with van der Waals surface area (Å²) in [5, 5.41) is 11.1. The topological polar surface area (TPSA) is 99.3 Å². The number of carboxylic acids is 1. The molecule has 1 rings (SSSR count). The number of hydrogen-bond acceptors (Lipinski definition) is 3. The Kier molecular flexibility index (Phi) is 4.45. The number of hydrogen-bond donors (Lipinski definition) is 3. The van der Waals surface area contributed by atoms with E-state index in [9.17, 15) is 14.4 Å². The molecule has 1 heterocycles. The number of rotatable bonds is 5. The van der Waals surface area contributed by atoms with Crippen molar-refractivity contribution >= 4 is 11.9 Å². The van der Waals surface area contributed by atoms with Crippen LogP contribution in [0.3, 0.4) is 0 Å². The van der Waals surface area contributed by atoms with E-state index >= 15 is 0 Å². The quantitative estimate of drug-likeness (QED) is 0.683. The van der Waals surface area contributed by atoms with Gasteiger partial charge in [-0.25, -0.2) is 0 Å². The molecular weight excluding hydrogens is 224 g/mol. The standard InChI is InChI=1S/C11H14N2O4/c1-7(4-10(15)16)5-13-11(17)8-6-12-3-2-9(8)14/h2-3,6-7H,4-5H2,1H3,(H,12,14)(H,13,17)(H,15,16). The summed E-state index contributed by atoms with van der Waals surface area (Å²) < 4.78 is 0. The summed E-state index contributed by atoms with van der Waals surface area (Å²) in [5.41, 5.74) is -0.345. The maximum atomic E-state index is 11.6. The molecule has 0 saturated heterocycles.